The van der Waals surface area contributed by atoms with E-state index in [1.54, 1.807) is 38.0 Å². The Kier molecular flexibility index (Phi) is 19.0. The number of hydrogen-bond acceptors (Lipinski definition) is 4. The van der Waals surface area contributed by atoms with E-state index in [1.165, 1.54) is 0 Å². The fourth-order valence-electron chi connectivity index (χ4n) is 1.46. The van der Waals surface area contributed by atoms with Crippen LogP contribution < -0.4 is 0 Å². The summed E-state index contributed by atoms with van der Waals surface area (Å²) < 4.78 is 10.5. The number of nitrogens with zero attached hydrogens (tertiary/aromatic N) is 2. The molecule has 24 heavy (non-hydrogen) atoms. The van der Waals surface area contributed by atoms with Crippen molar-refractivity contribution in [2.24, 2.45) is 0 Å². The Labute approximate surface area is 148 Å². The Morgan fingerprint density at radius 3 is 1.25 bits per heavy atom. The fraction of sp³-hybridized carbons (Fsp3) is 0.889. The number of amides is 2. The molecule has 0 saturated carbocycles. The molecule has 0 rings (SSSR count). The average Bonchev–Trinajstić information content (AvgIpc) is 2.54. The second-order valence-electron chi connectivity index (χ2n) is 6.01. The third-order valence-corrected chi connectivity index (χ3v) is 3.20. The minimum Gasteiger partial charge on any atom is -0.381 e. The van der Waals surface area contributed by atoms with Gasteiger partial charge in [0.05, 0.1) is 26.1 Å². The first-order chi connectivity index (χ1) is 11.4. The Hall–Kier alpha value is -1.14. The normalized spacial score (nSPS) is 9.92. The summed E-state index contributed by atoms with van der Waals surface area (Å²) in [5.41, 5.74) is 0. The van der Waals surface area contributed by atoms with Crippen LogP contribution in [0, 0.1) is 0 Å². The van der Waals surface area contributed by atoms with Gasteiger partial charge in [0.15, 0.2) is 0 Å². The lowest BCUT2D eigenvalue weighted by Crippen LogP contribution is -2.22. The predicted molar refractivity (Wildman–Crippen MR) is 98.1 cm³/mol. The lowest BCUT2D eigenvalue weighted by molar-refractivity contribution is -0.130. The highest BCUT2D eigenvalue weighted by molar-refractivity contribution is 5.75. The van der Waals surface area contributed by atoms with Crippen molar-refractivity contribution in [3.8, 4) is 0 Å². The predicted octanol–water partition coefficient (Wildman–Crippen LogP) is 2.56. The topological polar surface area (TPSA) is 59.1 Å². The van der Waals surface area contributed by atoms with Gasteiger partial charge in [-0.05, 0) is 12.8 Å². The van der Waals surface area contributed by atoms with Crippen molar-refractivity contribution in [1.29, 1.82) is 0 Å². The molecule has 6 heteroatoms. The molecule has 0 N–H and O–H groups in total. The smallest absolute Gasteiger partial charge is 0.224 e. The molecule has 0 radical (unpaired) electrons. The van der Waals surface area contributed by atoms with E-state index in [0.717, 1.165) is 38.9 Å². The number of hydrogen-bond donors (Lipinski definition) is 0. The lowest BCUT2D eigenvalue weighted by Gasteiger charge is -2.09. The van der Waals surface area contributed by atoms with Gasteiger partial charge in [-0.2, -0.15) is 0 Å². The van der Waals surface area contributed by atoms with Crippen LogP contribution in [-0.4, -0.2) is 76.2 Å². The van der Waals surface area contributed by atoms with Crippen LogP contribution in [0.25, 0.3) is 0 Å². The first-order valence-corrected chi connectivity index (χ1v) is 8.92. The fourth-order valence-corrected chi connectivity index (χ4v) is 1.46. The van der Waals surface area contributed by atoms with Crippen LogP contribution in [0.3, 0.4) is 0 Å². The quantitative estimate of drug-likeness (QED) is 0.510. The summed E-state index contributed by atoms with van der Waals surface area (Å²) in [6, 6.07) is 0. The van der Waals surface area contributed by atoms with Gasteiger partial charge >= 0.3 is 0 Å². The summed E-state index contributed by atoms with van der Waals surface area (Å²) in [6.07, 6.45) is 5.43. The van der Waals surface area contributed by atoms with Crippen LogP contribution in [0.2, 0.25) is 0 Å². The van der Waals surface area contributed by atoms with Gasteiger partial charge in [0.1, 0.15) is 0 Å². The van der Waals surface area contributed by atoms with Crippen molar-refractivity contribution in [2.75, 3.05) is 54.6 Å². The van der Waals surface area contributed by atoms with Gasteiger partial charge in [0.25, 0.3) is 0 Å². The van der Waals surface area contributed by atoms with Crippen molar-refractivity contribution < 1.29 is 19.1 Å². The van der Waals surface area contributed by atoms with E-state index >= 15 is 0 Å². The van der Waals surface area contributed by atoms with E-state index in [9.17, 15) is 9.59 Å². The van der Waals surface area contributed by atoms with Crippen LogP contribution in [0.4, 0.5) is 0 Å². The monoisotopic (exact) mass is 346 g/mol. The molecule has 0 unspecified atom stereocenters. The molecule has 0 saturated heterocycles. The molecule has 144 valence electrons. The minimum absolute atomic E-state index is 0.131. The maximum Gasteiger partial charge on any atom is 0.224 e. The third kappa shape index (κ3) is 18.9. The molecule has 0 fully saturated rings. The number of unbranched alkanes of at least 4 members (excludes halogenated alkanes) is 2. The first-order valence-electron chi connectivity index (χ1n) is 8.92. The van der Waals surface area contributed by atoms with Crippen molar-refractivity contribution in [2.45, 2.75) is 52.4 Å². The Balaban J connectivity index is 0. The van der Waals surface area contributed by atoms with Gasteiger partial charge in [-0.3, -0.25) is 9.59 Å². The summed E-state index contributed by atoms with van der Waals surface area (Å²) in [4.78, 5) is 25.2. The molecule has 0 spiro atoms. The molecule has 0 aliphatic rings. The highest BCUT2D eigenvalue weighted by Crippen LogP contribution is 1.92. The molecule has 0 aromatic heterocycles. The highest BCUT2D eigenvalue weighted by Gasteiger charge is 2.02. The summed E-state index contributed by atoms with van der Waals surface area (Å²) >= 11 is 0. The molecule has 0 aliphatic heterocycles. The van der Waals surface area contributed by atoms with Crippen molar-refractivity contribution in [3.63, 3.8) is 0 Å². The van der Waals surface area contributed by atoms with E-state index in [2.05, 4.69) is 13.8 Å². The van der Waals surface area contributed by atoms with Crippen molar-refractivity contribution in [1.82, 2.24) is 9.80 Å². The zero-order chi connectivity index (χ0) is 18.8. The SMILES string of the molecule is CCCCOCCC(=O)N(C)C.CCCCOCCC(=O)N(C)C. The van der Waals surface area contributed by atoms with E-state index in [-0.39, 0.29) is 11.8 Å². The molecule has 0 aromatic rings. The van der Waals surface area contributed by atoms with Gasteiger partial charge in [-0.1, -0.05) is 26.7 Å². The van der Waals surface area contributed by atoms with Crippen LogP contribution in [0.15, 0.2) is 0 Å². The molecule has 6 nitrogen and oxygen atoms in total. The van der Waals surface area contributed by atoms with Gasteiger partial charge in [-0.15, -0.1) is 0 Å². The van der Waals surface area contributed by atoms with E-state index in [0.29, 0.717) is 26.1 Å². The molecule has 0 heterocycles. The molecule has 2 amide bonds. The standard InChI is InChI=1S/2C9H19NO2/c2*1-4-5-7-12-8-6-9(11)10(2)3/h2*4-8H2,1-3H3. The third-order valence-electron chi connectivity index (χ3n) is 3.20. The number of ether oxygens (including phenoxy) is 2. The number of carbonyl (C=O) groups excluding carboxylic acids is 2. The van der Waals surface area contributed by atoms with Crippen molar-refractivity contribution in [3.05, 3.63) is 0 Å². The van der Waals surface area contributed by atoms with Crippen LogP contribution in [0.1, 0.15) is 52.4 Å². The van der Waals surface area contributed by atoms with E-state index < -0.39 is 0 Å². The largest absolute Gasteiger partial charge is 0.381 e. The molecule has 0 atom stereocenters. The average molecular weight is 347 g/mol. The van der Waals surface area contributed by atoms with Crippen LogP contribution in [0.5, 0.6) is 0 Å². The van der Waals surface area contributed by atoms with Crippen LogP contribution >= 0.6 is 0 Å². The molecule has 0 aliphatic carbocycles. The van der Waals surface area contributed by atoms with Crippen molar-refractivity contribution >= 4 is 11.8 Å². The number of carbonyl (C=O) groups is 2. The highest BCUT2D eigenvalue weighted by atomic mass is 16.5. The Morgan fingerprint density at radius 2 is 1.00 bits per heavy atom. The molecule has 0 aromatic carbocycles. The molecular weight excluding hydrogens is 308 g/mol. The lowest BCUT2D eigenvalue weighted by atomic mass is 10.3. The minimum atomic E-state index is 0.131. The number of rotatable bonds is 12. The van der Waals surface area contributed by atoms with Gasteiger partial charge in [0.2, 0.25) is 11.8 Å². The molecular formula is C18H38N2O4. The summed E-state index contributed by atoms with van der Waals surface area (Å²) in [7, 11) is 7.03. The zero-order valence-corrected chi connectivity index (χ0v) is 16.6. The zero-order valence-electron chi connectivity index (χ0n) is 16.6. The van der Waals surface area contributed by atoms with Gasteiger partial charge in [0, 0.05) is 41.4 Å². The maximum absolute atomic E-state index is 11.0. The van der Waals surface area contributed by atoms with Gasteiger partial charge < -0.3 is 19.3 Å². The van der Waals surface area contributed by atoms with E-state index in [4.69, 9.17) is 9.47 Å². The van der Waals surface area contributed by atoms with E-state index in [1.807, 2.05) is 0 Å². The maximum atomic E-state index is 11.0. The summed E-state index contributed by atoms with van der Waals surface area (Å²) in [6.45, 7) is 6.89. The van der Waals surface area contributed by atoms with Crippen LogP contribution in [-0.2, 0) is 19.1 Å². The summed E-state index contributed by atoms with van der Waals surface area (Å²) in [5, 5.41) is 0. The molecule has 0 bridgehead atoms. The second kappa shape index (κ2) is 18.2. The Bertz CT molecular complexity index is 277. The van der Waals surface area contributed by atoms with Gasteiger partial charge in [-0.25, -0.2) is 0 Å². The first kappa shape index (κ1) is 25.1. The second-order valence-corrected chi connectivity index (χ2v) is 6.01. The summed E-state index contributed by atoms with van der Waals surface area (Å²) in [5.74, 6) is 0.262. The Morgan fingerprint density at radius 1 is 0.667 bits per heavy atom.